The first kappa shape index (κ1) is 13.4. The largest absolute Gasteiger partial charge is 0.373 e. The maximum Gasteiger partial charge on any atom is 0.255 e. The van der Waals surface area contributed by atoms with Crippen molar-refractivity contribution in [1.29, 1.82) is 0 Å². The fourth-order valence-electron chi connectivity index (χ4n) is 2.65. The molecule has 1 aromatic rings. The maximum atomic E-state index is 12.4. The number of pyridine rings is 1. The standard InChI is InChI=1S/C15H22N4O/c1-16-14-5-4-13(10-17-14)15(20)19-8-6-18(7-9-19)11-12-2-3-12/h4-5,10,12H,2-3,6-9,11H2,1H3,(H,16,17). The van der Waals surface area contributed by atoms with E-state index in [9.17, 15) is 4.79 Å². The first-order valence-corrected chi connectivity index (χ1v) is 7.41. The zero-order valence-corrected chi connectivity index (χ0v) is 12.0. The van der Waals surface area contributed by atoms with Gasteiger partial charge in [0.25, 0.3) is 5.91 Å². The highest BCUT2D eigenvalue weighted by molar-refractivity contribution is 5.94. The van der Waals surface area contributed by atoms with E-state index in [1.807, 2.05) is 24.1 Å². The van der Waals surface area contributed by atoms with E-state index in [4.69, 9.17) is 0 Å². The van der Waals surface area contributed by atoms with Gasteiger partial charge in [-0.25, -0.2) is 4.98 Å². The molecule has 2 heterocycles. The van der Waals surface area contributed by atoms with Crippen molar-refractivity contribution in [3.05, 3.63) is 23.9 Å². The number of carbonyl (C=O) groups excluding carboxylic acids is 1. The van der Waals surface area contributed by atoms with Gasteiger partial charge in [0, 0.05) is 46.0 Å². The van der Waals surface area contributed by atoms with Crippen LogP contribution in [0.2, 0.25) is 0 Å². The number of nitrogens with one attached hydrogen (secondary N) is 1. The number of carbonyl (C=O) groups is 1. The average Bonchev–Trinajstić information content (AvgIpc) is 3.31. The normalized spacial score (nSPS) is 19.9. The van der Waals surface area contributed by atoms with Crippen LogP contribution in [0.15, 0.2) is 18.3 Å². The number of piperazine rings is 1. The Morgan fingerprint density at radius 3 is 2.60 bits per heavy atom. The number of amides is 1. The van der Waals surface area contributed by atoms with Crippen LogP contribution in [-0.4, -0.2) is 60.5 Å². The minimum atomic E-state index is 0.103. The first-order valence-electron chi connectivity index (χ1n) is 7.41. The lowest BCUT2D eigenvalue weighted by atomic mass is 10.2. The molecular formula is C15H22N4O. The highest BCUT2D eigenvalue weighted by Crippen LogP contribution is 2.29. The molecule has 5 heteroatoms. The summed E-state index contributed by atoms with van der Waals surface area (Å²) in [4.78, 5) is 21.0. The Labute approximate surface area is 120 Å². The van der Waals surface area contributed by atoms with Crippen LogP contribution in [-0.2, 0) is 0 Å². The molecule has 0 aromatic carbocycles. The second-order valence-corrected chi connectivity index (χ2v) is 5.72. The molecule has 1 amide bonds. The summed E-state index contributed by atoms with van der Waals surface area (Å²) in [7, 11) is 1.82. The molecule has 1 N–H and O–H groups in total. The number of anilines is 1. The van der Waals surface area contributed by atoms with E-state index in [1.165, 1.54) is 19.4 Å². The lowest BCUT2D eigenvalue weighted by molar-refractivity contribution is 0.0631. The second-order valence-electron chi connectivity index (χ2n) is 5.72. The van der Waals surface area contributed by atoms with Crippen molar-refractivity contribution in [2.45, 2.75) is 12.8 Å². The van der Waals surface area contributed by atoms with Crippen LogP contribution in [0.5, 0.6) is 0 Å². The molecule has 2 fully saturated rings. The van der Waals surface area contributed by atoms with E-state index in [2.05, 4.69) is 15.2 Å². The molecular weight excluding hydrogens is 252 g/mol. The molecule has 108 valence electrons. The number of nitrogens with zero attached hydrogens (tertiary/aromatic N) is 3. The summed E-state index contributed by atoms with van der Waals surface area (Å²) in [5, 5.41) is 2.96. The summed E-state index contributed by atoms with van der Waals surface area (Å²) in [5.74, 6) is 1.82. The summed E-state index contributed by atoms with van der Waals surface area (Å²) in [6.45, 7) is 4.90. The smallest absolute Gasteiger partial charge is 0.255 e. The third kappa shape index (κ3) is 3.10. The van der Waals surface area contributed by atoms with Crippen molar-refractivity contribution in [3.8, 4) is 0 Å². The molecule has 20 heavy (non-hydrogen) atoms. The topological polar surface area (TPSA) is 48.5 Å². The maximum absolute atomic E-state index is 12.4. The van der Waals surface area contributed by atoms with E-state index in [-0.39, 0.29) is 5.91 Å². The Morgan fingerprint density at radius 1 is 1.30 bits per heavy atom. The molecule has 0 bridgehead atoms. The van der Waals surface area contributed by atoms with Gasteiger partial charge < -0.3 is 10.2 Å². The van der Waals surface area contributed by atoms with Crippen LogP contribution >= 0.6 is 0 Å². The van der Waals surface area contributed by atoms with Crippen molar-refractivity contribution in [2.75, 3.05) is 45.1 Å². The van der Waals surface area contributed by atoms with Gasteiger partial charge >= 0.3 is 0 Å². The van der Waals surface area contributed by atoms with Gasteiger partial charge in [-0.3, -0.25) is 9.69 Å². The van der Waals surface area contributed by atoms with Crippen LogP contribution in [0.1, 0.15) is 23.2 Å². The summed E-state index contributed by atoms with van der Waals surface area (Å²) in [6.07, 6.45) is 4.44. The predicted molar refractivity (Wildman–Crippen MR) is 78.9 cm³/mol. The molecule has 1 aromatic heterocycles. The van der Waals surface area contributed by atoms with Gasteiger partial charge in [0.05, 0.1) is 5.56 Å². The molecule has 0 spiro atoms. The SMILES string of the molecule is CNc1ccc(C(=O)N2CCN(CC3CC3)CC2)cn1. The van der Waals surface area contributed by atoms with E-state index >= 15 is 0 Å². The second kappa shape index (κ2) is 5.79. The lowest BCUT2D eigenvalue weighted by Gasteiger charge is -2.34. The Bertz CT molecular complexity index is 461. The van der Waals surface area contributed by atoms with Gasteiger partial charge in [-0.1, -0.05) is 0 Å². The average molecular weight is 274 g/mol. The first-order chi connectivity index (χ1) is 9.76. The third-order valence-electron chi connectivity index (χ3n) is 4.14. The van der Waals surface area contributed by atoms with Crippen LogP contribution in [0, 0.1) is 5.92 Å². The summed E-state index contributed by atoms with van der Waals surface area (Å²) < 4.78 is 0. The number of rotatable bonds is 4. The van der Waals surface area contributed by atoms with E-state index in [0.29, 0.717) is 5.56 Å². The van der Waals surface area contributed by atoms with Crippen LogP contribution in [0.4, 0.5) is 5.82 Å². The zero-order valence-electron chi connectivity index (χ0n) is 12.0. The number of aromatic nitrogens is 1. The molecule has 0 atom stereocenters. The van der Waals surface area contributed by atoms with Crippen molar-refractivity contribution in [2.24, 2.45) is 5.92 Å². The molecule has 3 rings (SSSR count). The van der Waals surface area contributed by atoms with Gasteiger partial charge in [-0.15, -0.1) is 0 Å². The molecule has 1 aliphatic heterocycles. The van der Waals surface area contributed by atoms with Gasteiger partial charge in [0.15, 0.2) is 0 Å². The van der Waals surface area contributed by atoms with Crippen molar-refractivity contribution < 1.29 is 4.79 Å². The molecule has 1 saturated carbocycles. The van der Waals surface area contributed by atoms with E-state index < -0.39 is 0 Å². The minimum Gasteiger partial charge on any atom is -0.373 e. The highest BCUT2D eigenvalue weighted by atomic mass is 16.2. The third-order valence-corrected chi connectivity index (χ3v) is 4.14. The van der Waals surface area contributed by atoms with Crippen LogP contribution in [0.25, 0.3) is 0 Å². The zero-order chi connectivity index (χ0) is 13.9. The van der Waals surface area contributed by atoms with Crippen molar-refractivity contribution >= 4 is 11.7 Å². The molecule has 0 radical (unpaired) electrons. The van der Waals surface area contributed by atoms with Gasteiger partial charge in [0.2, 0.25) is 0 Å². The Hall–Kier alpha value is -1.62. The quantitative estimate of drug-likeness (QED) is 0.899. The fraction of sp³-hybridized carbons (Fsp3) is 0.600. The van der Waals surface area contributed by atoms with E-state index in [0.717, 1.165) is 37.9 Å². The molecule has 5 nitrogen and oxygen atoms in total. The molecule has 1 saturated heterocycles. The summed E-state index contributed by atoms with van der Waals surface area (Å²) in [5.41, 5.74) is 0.680. The Kier molecular flexibility index (Phi) is 3.87. The van der Waals surface area contributed by atoms with Crippen molar-refractivity contribution in [1.82, 2.24) is 14.8 Å². The van der Waals surface area contributed by atoms with Crippen LogP contribution in [0.3, 0.4) is 0 Å². The lowest BCUT2D eigenvalue weighted by Crippen LogP contribution is -2.49. The summed E-state index contributed by atoms with van der Waals surface area (Å²) >= 11 is 0. The molecule has 0 unspecified atom stereocenters. The molecule has 1 aliphatic carbocycles. The fourth-order valence-corrected chi connectivity index (χ4v) is 2.65. The monoisotopic (exact) mass is 274 g/mol. The van der Waals surface area contributed by atoms with Gasteiger partial charge in [0.1, 0.15) is 5.82 Å². The van der Waals surface area contributed by atoms with E-state index in [1.54, 1.807) is 6.20 Å². The number of hydrogen-bond acceptors (Lipinski definition) is 4. The highest BCUT2D eigenvalue weighted by Gasteiger charge is 2.27. The summed E-state index contributed by atoms with van der Waals surface area (Å²) in [6, 6.07) is 3.69. The van der Waals surface area contributed by atoms with Crippen LogP contribution < -0.4 is 5.32 Å². The Morgan fingerprint density at radius 2 is 2.05 bits per heavy atom. The van der Waals surface area contributed by atoms with Crippen molar-refractivity contribution in [3.63, 3.8) is 0 Å². The van der Waals surface area contributed by atoms with Gasteiger partial charge in [-0.2, -0.15) is 0 Å². The number of hydrogen-bond donors (Lipinski definition) is 1. The van der Waals surface area contributed by atoms with Gasteiger partial charge in [-0.05, 0) is 30.9 Å². The Balaban J connectivity index is 1.54. The minimum absolute atomic E-state index is 0.103. The molecule has 2 aliphatic rings. The predicted octanol–water partition coefficient (Wildman–Crippen LogP) is 1.29.